The molecule has 34 heavy (non-hydrogen) atoms. The summed E-state index contributed by atoms with van der Waals surface area (Å²) in [7, 11) is 3.35. The van der Waals surface area contributed by atoms with Crippen LogP contribution in [0.2, 0.25) is 0 Å². The van der Waals surface area contributed by atoms with Crippen molar-refractivity contribution in [2.75, 3.05) is 14.2 Å². The van der Waals surface area contributed by atoms with Crippen molar-refractivity contribution in [1.29, 1.82) is 0 Å². The van der Waals surface area contributed by atoms with Gasteiger partial charge in [0, 0.05) is 17.7 Å². The molecule has 0 spiro atoms. The Balaban J connectivity index is 2.18. The maximum absolute atomic E-state index is 6.32. The molecule has 0 unspecified atom stereocenters. The molecule has 0 amide bonds. The van der Waals surface area contributed by atoms with Crippen LogP contribution < -0.4 is 18.9 Å². The van der Waals surface area contributed by atoms with Crippen LogP contribution in [0.3, 0.4) is 0 Å². The first kappa shape index (κ1) is 25.5. The van der Waals surface area contributed by atoms with E-state index < -0.39 is 0 Å². The van der Waals surface area contributed by atoms with Crippen molar-refractivity contribution in [1.82, 2.24) is 0 Å². The van der Waals surface area contributed by atoms with Crippen molar-refractivity contribution in [2.45, 2.75) is 73.0 Å². The van der Waals surface area contributed by atoms with E-state index in [1.54, 1.807) is 14.2 Å². The van der Waals surface area contributed by atoms with Gasteiger partial charge in [0.1, 0.15) is 45.5 Å². The van der Waals surface area contributed by atoms with Gasteiger partial charge < -0.3 is 23.4 Å². The van der Waals surface area contributed by atoms with Crippen LogP contribution in [0.25, 0.3) is 22.3 Å². The molecule has 0 atom stereocenters. The number of fused-ring (bicyclic) bond motifs is 1. The molecule has 0 bridgehead atoms. The Morgan fingerprint density at radius 3 is 2.09 bits per heavy atom. The van der Waals surface area contributed by atoms with Crippen LogP contribution in [0.5, 0.6) is 23.0 Å². The quantitative estimate of drug-likeness (QED) is 0.330. The van der Waals surface area contributed by atoms with Gasteiger partial charge in [0.2, 0.25) is 0 Å². The fourth-order valence-corrected chi connectivity index (χ4v) is 3.76. The lowest BCUT2D eigenvalue weighted by Crippen LogP contribution is -2.24. The van der Waals surface area contributed by atoms with Gasteiger partial charge in [-0.15, -0.1) is 0 Å². The van der Waals surface area contributed by atoms with E-state index in [1.165, 1.54) is 5.57 Å². The van der Waals surface area contributed by atoms with E-state index in [0.29, 0.717) is 23.5 Å². The number of furan rings is 1. The molecule has 5 nitrogen and oxygen atoms in total. The molecule has 3 aromatic rings. The Hall–Kier alpha value is -3.08. The number of benzene rings is 2. The first-order valence-electron chi connectivity index (χ1n) is 11.6. The highest BCUT2D eigenvalue weighted by molar-refractivity contribution is 5.92. The first-order valence-corrected chi connectivity index (χ1v) is 11.6. The minimum Gasteiger partial charge on any atom is -0.496 e. The summed E-state index contributed by atoms with van der Waals surface area (Å²) in [6.07, 6.45) is 2.87. The minimum absolute atomic E-state index is 0.314. The summed E-state index contributed by atoms with van der Waals surface area (Å²) >= 11 is 0. The molecule has 3 rings (SSSR count). The van der Waals surface area contributed by atoms with Gasteiger partial charge in [0.25, 0.3) is 0 Å². The summed E-state index contributed by atoms with van der Waals surface area (Å²) in [6, 6.07) is 9.79. The summed E-state index contributed by atoms with van der Waals surface area (Å²) in [6.45, 7) is 16.3. The van der Waals surface area contributed by atoms with Crippen LogP contribution in [0.4, 0.5) is 0 Å². The second kappa shape index (κ2) is 9.65. The zero-order valence-corrected chi connectivity index (χ0v) is 22.2. The monoisotopic (exact) mass is 466 g/mol. The summed E-state index contributed by atoms with van der Waals surface area (Å²) in [5.41, 5.74) is 3.07. The second-order valence-electron chi connectivity index (χ2n) is 10.7. The summed E-state index contributed by atoms with van der Waals surface area (Å²) in [5.74, 6) is 3.63. The van der Waals surface area contributed by atoms with Crippen molar-refractivity contribution in [3.05, 3.63) is 47.5 Å². The molecule has 0 aliphatic rings. The maximum atomic E-state index is 6.32. The predicted molar refractivity (Wildman–Crippen MR) is 139 cm³/mol. The lowest BCUT2D eigenvalue weighted by molar-refractivity contribution is 0.121. The van der Waals surface area contributed by atoms with Gasteiger partial charge in [-0.2, -0.15) is 0 Å². The van der Waals surface area contributed by atoms with Crippen LogP contribution in [-0.4, -0.2) is 25.4 Å². The Kier molecular flexibility index (Phi) is 7.25. The van der Waals surface area contributed by atoms with Crippen LogP contribution in [0.1, 0.15) is 61.0 Å². The highest BCUT2D eigenvalue weighted by Crippen LogP contribution is 2.44. The Labute approximate surface area is 203 Å². The SMILES string of the molecule is COc1cc2oc(-c3ccc(OC(C)(C)C)cc3OC(C)(C)C)cc2c(OC)c1CC=C(C)C. The van der Waals surface area contributed by atoms with Crippen LogP contribution in [0.15, 0.2) is 46.4 Å². The highest BCUT2D eigenvalue weighted by Gasteiger charge is 2.23. The number of allylic oxidation sites excluding steroid dienone is 2. The zero-order chi connectivity index (χ0) is 25.3. The highest BCUT2D eigenvalue weighted by atomic mass is 16.5. The van der Waals surface area contributed by atoms with E-state index in [-0.39, 0.29) is 11.2 Å². The van der Waals surface area contributed by atoms with Gasteiger partial charge in [-0.1, -0.05) is 11.6 Å². The van der Waals surface area contributed by atoms with Gasteiger partial charge in [0.05, 0.1) is 25.2 Å². The summed E-state index contributed by atoms with van der Waals surface area (Å²) in [5, 5.41) is 0.896. The van der Waals surface area contributed by atoms with Crippen LogP contribution >= 0.6 is 0 Å². The number of hydrogen-bond acceptors (Lipinski definition) is 5. The molecule has 0 radical (unpaired) electrons. The van der Waals surface area contributed by atoms with Crippen LogP contribution in [0, 0.1) is 0 Å². The smallest absolute Gasteiger partial charge is 0.142 e. The molecule has 2 aromatic carbocycles. The third kappa shape index (κ3) is 6.07. The van der Waals surface area contributed by atoms with E-state index in [2.05, 4.69) is 19.9 Å². The van der Waals surface area contributed by atoms with Crippen molar-refractivity contribution in [3.8, 4) is 34.3 Å². The normalized spacial score (nSPS) is 11.9. The molecule has 0 aliphatic heterocycles. The van der Waals surface area contributed by atoms with E-state index in [1.807, 2.05) is 71.9 Å². The van der Waals surface area contributed by atoms with Crippen molar-refractivity contribution >= 4 is 11.0 Å². The van der Waals surface area contributed by atoms with E-state index in [9.17, 15) is 0 Å². The van der Waals surface area contributed by atoms with Gasteiger partial charge in [-0.25, -0.2) is 0 Å². The fourth-order valence-electron chi connectivity index (χ4n) is 3.76. The van der Waals surface area contributed by atoms with Crippen molar-refractivity contribution in [3.63, 3.8) is 0 Å². The topological polar surface area (TPSA) is 50.1 Å². The van der Waals surface area contributed by atoms with Crippen molar-refractivity contribution < 1.29 is 23.4 Å². The van der Waals surface area contributed by atoms with E-state index in [0.717, 1.165) is 33.8 Å². The largest absolute Gasteiger partial charge is 0.496 e. The van der Waals surface area contributed by atoms with E-state index in [4.69, 9.17) is 23.4 Å². The molecular formula is C29H38O5. The lowest BCUT2D eigenvalue weighted by Gasteiger charge is -2.25. The van der Waals surface area contributed by atoms with Gasteiger partial charge in [0.15, 0.2) is 0 Å². The van der Waals surface area contributed by atoms with Gasteiger partial charge in [-0.05, 0) is 80.0 Å². The third-order valence-corrected chi connectivity index (χ3v) is 5.04. The van der Waals surface area contributed by atoms with Gasteiger partial charge >= 0.3 is 0 Å². The average molecular weight is 467 g/mol. The minimum atomic E-state index is -0.389. The zero-order valence-electron chi connectivity index (χ0n) is 22.2. The Morgan fingerprint density at radius 2 is 1.53 bits per heavy atom. The molecule has 184 valence electrons. The van der Waals surface area contributed by atoms with Crippen molar-refractivity contribution in [2.24, 2.45) is 0 Å². The Morgan fingerprint density at radius 1 is 0.853 bits per heavy atom. The second-order valence-corrected chi connectivity index (χ2v) is 10.7. The maximum Gasteiger partial charge on any atom is 0.142 e. The number of hydrogen-bond donors (Lipinski definition) is 0. The van der Waals surface area contributed by atoms with Gasteiger partial charge in [-0.3, -0.25) is 0 Å². The molecular weight excluding hydrogens is 428 g/mol. The predicted octanol–water partition coefficient (Wildman–Crippen LogP) is 7.98. The summed E-state index contributed by atoms with van der Waals surface area (Å²) in [4.78, 5) is 0. The number of rotatable bonds is 7. The molecule has 5 heteroatoms. The number of ether oxygens (including phenoxy) is 4. The Bertz CT molecular complexity index is 1180. The molecule has 0 fully saturated rings. The number of methoxy groups -OCH3 is 2. The molecule has 1 heterocycles. The molecule has 0 N–H and O–H groups in total. The molecule has 0 aliphatic carbocycles. The van der Waals surface area contributed by atoms with Crippen LogP contribution in [-0.2, 0) is 6.42 Å². The molecule has 1 aromatic heterocycles. The third-order valence-electron chi connectivity index (χ3n) is 5.04. The fraction of sp³-hybridized carbons (Fsp3) is 0.448. The molecule has 0 saturated carbocycles. The molecule has 0 saturated heterocycles. The average Bonchev–Trinajstić information content (AvgIpc) is 3.12. The lowest BCUT2D eigenvalue weighted by atomic mass is 10.0. The standard InChI is InChI=1S/C29H38O5/c1-18(2)11-13-21-23(30-9)17-25-22(27(21)31-10)16-24(32-25)20-14-12-19(33-28(3,4)5)15-26(20)34-29(6,7)8/h11-12,14-17H,13H2,1-10H3. The summed E-state index contributed by atoms with van der Waals surface area (Å²) < 4.78 is 30.3. The first-order chi connectivity index (χ1) is 15.8. The van der Waals surface area contributed by atoms with E-state index >= 15 is 0 Å².